The molecule has 2 aromatic carbocycles. The summed E-state index contributed by atoms with van der Waals surface area (Å²) in [5, 5.41) is 3.00. The Morgan fingerprint density at radius 3 is 2.31 bits per heavy atom. The summed E-state index contributed by atoms with van der Waals surface area (Å²) in [5.41, 5.74) is 1.61. The Kier molecular flexibility index (Phi) is 6.46. The van der Waals surface area contributed by atoms with Gasteiger partial charge in [0.05, 0.1) is 19.2 Å². The van der Waals surface area contributed by atoms with E-state index in [0.717, 1.165) is 5.56 Å². The van der Waals surface area contributed by atoms with Gasteiger partial charge < -0.3 is 19.5 Å². The van der Waals surface area contributed by atoms with Crippen molar-refractivity contribution in [1.82, 2.24) is 0 Å². The number of ether oxygens (including phenoxy) is 3. The minimum Gasteiger partial charge on any atom is -0.496 e. The van der Waals surface area contributed by atoms with Crippen LogP contribution in [-0.2, 0) is 9.53 Å². The molecule has 2 aromatic rings. The molecule has 0 heterocycles. The van der Waals surface area contributed by atoms with Crippen molar-refractivity contribution in [1.29, 1.82) is 0 Å². The number of anilines is 1. The van der Waals surface area contributed by atoms with Crippen LogP contribution < -0.4 is 14.8 Å². The van der Waals surface area contributed by atoms with E-state index in [1.165, 1.54) is 21.1 Å². The summed E-state index contributed by atoms with van der Waals surface area (Å²) in [4.78, 5) is 24.6. The van der Waals surface area contributed by atoms with Crippen LogP contribution in [0.3, 0.4) is 0 Å². The zero-order valence-corrected chi connectivity index (χ0v) is 15.7. The van der Waals surface area contributed by atoms with Crippen molar-refractivity contribution in [3.05, 3.63) is 52.5 Å². The van der Waals surface area contributed by atoms with Crippen LogP contribution in [0.1, 0.15) is 22.8 Å². The molecule has 1 amide bonds. The van der Waals surface area contributed by atoms with Crippen LogP contribution in [0.15, 0.2) is 36.4 Å². The third kappa shape index (κ3) is 4.67. The molecule has 26 heavy (non-hydrogen) atoms. The Morgan fingerprint density at radius 2 is 1.69 bits per heavy atom. The number of hydrogen-bond donors (Lipinski definition) is 1. The van der Waals surface area contributed by atoms with Gasteiger partial charge in [0.2, 0.25) is 0 Å². The molecule has 0 aliphatic heterocycles. The van der Waals surface area contributed by atoms with Gasteiger partial charge in [-0.25, -0.2) is 4.79 Å². The van der Waals surface area contributed by atoms with Gasteiger partial charge in [-0.3, -0.25) is 4.79 Å². The minimum atomic E-state index is -1.01. The summed E-state index contributed by atoms with van der Waals surface area (Å²) < 4.78 is 15.5. The summed E-state index contributed by atoms with van der Waals surface area (Å²) in [6.45, 7) is 3.33. The van der Waals surface area contributed by atoms with Crippen LogP contribution in [0.5, 0.6) is 11.5 Å². The SMILES string of the molecule is COc1ccc(NC(=O)[C@@H](C)OC(=O)c2cc(C)ccc2OC)cc1Cl. The Labute approximate surface area is 157 Å². The molecule has 7 heteroatoms. The van der Waals surface area contributed by atoms with Gasteiger partial charge in [-0.2, -0.15) is 0 Å². The Hall–Kier alpha value is -2.73. The highest BCUT2D eigenvalue weighted by Gasteiger charge is 2.22. The van der Waals surface area contributed by atoms with Gasteiger partial charge in [-0.1, -0.05) is 23.2 Å². The second-order valence-electron chi connectivity index (χ2n) is 5.59. The Balaban J connectivity index is 2.06. The van der Waals surface area contributed by atoms with Gasteiger partial charge in [-0.15, -0.1) is 0 Å². The van der Waals surface area contributed by atoms with E-state index in [4.69, 9.17) is 25.8 Å². The first-order chi connectivity index (χ1) is 12.3. The highest BCUT2D eigenvalue weighted by Crippen LogP contribution is 2.27. The van der Waals surface area contributed by atoms with Crippen molar-refractivity contribution < 1.29 is 23.8 Å². The molecule has 6 nitrogen and oxygen atoms in total. The number of halogens is 1. The third-order valence-corrected chi connectivity index (χ3v) is 3.94. The number of rotatable bonds is 6. The van der Waals surface area contributed by atoms with Crippen LogP contribution in [0, 0.1) is 6.92 Å². The lowest BCUT2D eigenvalue weighted by atomic mass is 10.1. The quantitative estimate of drug-likeness (QED) is 0.774. The maximum absolute atomic E-state index is 12.4. The number of carbonyl (C=O) groups is 2. The molecule has 0 radical (unpaired) electrons. The van der Waals surface area contributed by atoms with Gasteiger partial charge in [0, 0.05) is 5.69 Å². The van der Waals surface area contributed by atoms with E-state index >= 15 is 0 Å². The van der Waals surface area contributed by atoms with Crippen LogP contribution in [0.2, 0.25) is 5.02 Å². The molecule has 0 saturated carbocycles. The molecule has 0 aromatic heterocycles. The lowest BCUT2D eigenvalue weighted by molar-refractivity contribution is -0.123. The second kappa shape index (κ2) is 8.58. The van der Waals surface area contributed by atoms with Crippen LogP contribution in [-0.4, -0.2) is 32.2 Å². The summed E-state index contributed by atoms with van der Waals surface area (Å²) in [5.74, 6) is -0.238. The fourth-order valence-corrected chi connectivity index (χ4v) is 2.50. The monoisotopic (exact) mass is 377 g/mol. The summed E-state index contributed by atoms with van der Waals surface area (Å²) in [6, 6.07) is 9.97. The standard InChI is InChI=1S/C19H20ClNO5/c1-11-5-7-16(24-3)14(9-11)19(23)26-12(2)18(22)21-13-6-8-17(25-4)15(20)10-13/h5-10,12H,1-4H3,(H,21,22)/t12-/m1/s1. The lowest BCUT2D eigenvalue weighted by Crippen LogP contribution is -2.30. The zero-order chi connectivity index (χ0) is 19.3. The largest absolute Gasteiger partial charge is 0.496 e. The predicted octanol–water partition coefficient (Wildman–Crippen LogP) is 3.85. The van der Waals surface area contributed by atoms with Gasteiger partial charge in [0.1, 0.15) is 17.1 Å². The number of aryl methyl sites for hydroxylation is 1. The van der Waals surface area contributed by atoms with E-state index in [2.05, 4.69) is 5.32 Å². The first kappa shape index (κ1) is 19.6. The molecule has 0 bridgehead atoms. The molecular formula is C19H20ClNO5. The summed E-state index contributed by atoms with van der Waals surface area (Å²) in [7, 11) is 2.96. The first-order valence-electron chi connectivity index (χ1n) is 7.85. The van der Waals surface area contributed by atoms with Gasteiger partial charge in [0.15, 0.2) is 6.10 Å². The van der Waals surface area contributed by atoms with E-state index < -0.39 is 18.0 Å². The van der Waals surface area contributed by atoms with Gasteiger partial charge >= 0.3 is 5.97 Å². The van der Waals surface area contributed by atoms with E-state index in [0.29, 0.717) is 22.2 Å². The molecule has 0 unspecified atom stereocenters. The average molecular weight is 378 g/mol. The number of methoxy groups -OCH3 is 2. The molecule has 1 atom stereocenters. The molecule has 2 rings (SSSR count). The molecule has 138 valence electrons. The van der Waals surface area contributed by atoms with Crippen molar-refractivity contribution in [2.24, 2.45) is 0 Å². The summed E-state index contributed by atoms with van der Waals surface area (Å²) >= 11 is 6.03. The Bertz CT molecular complexity index is 822. The predicted molar refractivity (Wildman–Crippen MR) is 99.2 cm³/mol. The topological polar surface area (TPSA) is 73.9 Å². The maximum Gasteiger partial charge on any atom is 0.342 e. The Morgan fingerprint density at radius 1 is 1.04 bits per heavy atom. The van der Waals surface area contributed by atoms with Crippen molar-refractivity contribution >= 4 is 29.2 Å². The van der Waals surface area contributed by atoms with E-state index in [-0.39, 0.29) is 5.56 Å². The number of amides is 1. The molecule has 0 saturated heterocycles. The molecule has 0 aliphatic rings. The van der Waals surface area contributed by atoms with Crippen molar-refractivity contribution in [3.8, 4) is 11.5 Å². The number of nitrogens with one attached hydrogen (secondary N) is 1. The lowest BCUT2D eigenvalue weighted by Gasteiger charge is -2.15. The van der Waals surface area contributed by atoms with Crippen molar-refractivity contribution in [3.63, 3.8) is 0 Å². The molecule has 0 spiro atoms. The highest BCUT2D eigenvalue weighted by molar-refractivity contribution is 6.32. The summed E-state index contributed by atoms with van der Waals surface area (Å²) in [6.07, 6.45) is -1.01. The van der Waals surface area contributed by atoms with E-state index in [1.807, 2.05) is 13.0 Å². The fourth-order valence-electron chi connectivity index (χ4n) is 2.25. The van der Waals surface area contributed by atoms with Crippen LogP contribution in [0.25, 0.3) is 0 Å². The third-order valence-electron chi connectivity index (χ3n) is 3.65. The molecule has 0 fully saturated rings. The van der Waals surface area contributed by atoms with Gasteiger partial charge in [0.25, 0.3) is 5.91 Å². The molecular weight excluding hydrogens is 358 g/mol. The maximum atomic E-state index is 12.4. The van der Waals surface area contributed by atoms with Crippen LogP contribution in [0.4, 0.5) is 5.69 Å². The number of esters is 1. The number of benzene rings is 2. The number of hydrogen-bond acceptors (Lipinski definition) is 5. The second-order valence-corrected chi connectivity index (χ2v) is 6.00. The molecule has 1 N–H and O–H groups in total. The molecule has 0 aliphatic carbocycles. The zero-order valence-electron chi connectivity index (χ0n) is 15.0. The minimum absolute atomic E-state index is 0.264. The van der Waals surface area contributed by atoms with E-state index in [1.54, 1.807) is 30.3 Å². The first-order valence-corrected chi connectivity index (χ1v) is 8.23. The average Bonchev–Trinajstić information content (AvgIpc) is 2.61. The van der Waals surface area contributed by atoms with Crippen molar-refractivity contribution in [2.45, 2.75) is 20.0 Å². The fraction of sp³-hybridized carbons (Fsp3) is 0.263. The normalized spacial score (nSPS) is 11.4. The highest BCUT2D eigenvalue weighted by atomic mass is 35.5. The van der Waals surface area contributed by atoms with E-state index in [9.17, 15) is 9.59 Å². The van der Waals surface area contributed by atoms with Crippen LogP contribution >= 0.6 is 11.6 Å². The van der Waals surface area contributed by atoms with Crippen molar-refractivity contribution in [2.75, 3.05) is 19.5 Å². The smallest absolute Gasteiger partial charge is 0.342 e. The number of carbonyl (C=O) groups excluding carboxylic acids is 2. The van der Waals surface area contributed by atoms with Gasteiger partial charge in [-0.05, 0) is 44.2 Å².